The second-order valence-corrected chi connectivity index (χ2v) is 4.50. The van der Waals surface area contributed by atoms with Gasteiger partial charge in [-0.15, -0.1) is 10.2 Å². The van der Waals surface area contributed by atoms with Gasteiger partial charge in [-0.3, -0.25) is 4.40 Å². The van der Waals surface area contributed by atoms with Crippen LogP contribution in [0.25, 0.3) is 5.65 Å². The van der Waals surface area contributed by atoms with Gasteiger partial charge in [0, 0.05) is 19.2 Å². The topological polar surface area (TPSA) is 75.6 Å². The minimum absolute atomic E-state index is 0.0638. The summed E-state index contributed by atoms with van der Waals surface area (Å²) < 4.78 is 7.38. The Morgan fingerprint density at radius 1 is 1.15 bits per heavy atom. The fraction of sp³-hybridized carbons (Fsp3) is 0.286. The molecule has 0 atom stereocenters. The van der Waals surface area contributed by atoms with E-state index in [1.54, 1.807) is 6.07 Å². The van der Waals surface area contributed by atoms with E-state index < -0.39 is 0 Å². The first kappa shape index (κ1) is 12.8. The van der Waals surface area contributed by atoms with Crippen LogP contribution in [-0.4, -0.2) is 26.2 Å². The van der Waals surface area contributed by atoms with Crippen LogP contribution in [0.2, 0.25) is 0 Å². The lowest BCUT2D eigenvalue weighted by atomic mass is 10.3. The van der Waals surface area contributed by atoms with Crippen LogP contribution in [0.4, 0.5) is 0 Å². The van der Waals surface area contributed by atoms with Gasteiger partial charge in [-0.1, -0.05) is 6.07 Å². The molecule has 0 aliphatic rings. The number of aliphatic hydroxyl groups is 1. The van der Waals surface area contributed by atoms with Crippen LogP contribution in [-0.2, 0) is 19.6 Å². The number of fused-ring (bicyclic) bond motifs is 1. The Labute approximate surface area is 116 Å². The van der Waals surface area contributed by atoms with Crippen molar-refractivity contribution in [2.75, 3.05) is 6.54 Å². The molecule has 0 bridgehead atoms. The minimum Gasteiger partial charge on any atom is -0.462 e. The van der Waals surface area contributed by atoms with E-state index in [1.807, 2.05) is 34.9 Å². The third kappa shape index (κ3) is 2.71. The van der Waals surface area contributed by atoms with Crippen molar-refractivity contribution in [2.24, 2.45) is 0 Å². The first-order valence-corrected chi connectivity index (χ1v) is 6.54. The normalized spacial score (nSPS) is 11.2. The Balaban J connectivity index is 1.52. The summed E-state index contributed by atoms with van der Waals surface area (Å²) in [6.07, 6.45) is 2.75. The molecule has 2 N–H and O–H groups in total. The van der Waals surface area contributed by atoms with Crippen molar-refractivity contribution >= 4 is 5.65 Å². The van der Waals surface area contributed by atoms with E-state index in [1.165, 1.54) is 0 Å². The molecule has 0 aliphatic carbocycles. The van der Waals surface area contributed by atoms with Crippen molar-refractivity contribution < 1.29 is 9.52 Å². The molecule has 0 aromatic carbocycles. The van der Waals surface area contributed by atoms with Crippen LogP contribution in [0.3, 0.4) is 0 Å². The predicted molar refractivity (Wildman–Crippen MR) is 73.0 cm³/mol. The highest BCUT2D eigenvalue weighted by molar-refractivity contribution is 5.36. The van der Waals surface area contributed by atoms with Gasteiger partial charge in [0.15, 0.2) is 5.65 Å². The number of nitrogens with one attached hydrogen (secondary N) is 1. The summed E-state index contributed by atoms with van der Waals surface area (Å²) in [4.78, 5) is 0. The largest absolute Gasteiger partial charge is 0.462 e. The van der Waals surface area contributed by atoms with E-state index in [-0.39, 0.29) is 6.61 Å². The van der Waals surface area contributed by atoms with E-state index in [0.29, 0.717) is 12.3 Å². The van der Waals surface area contributed by atoms with Crippen LogP contribution < -0.4 is 5.32 Å². The molecule has 3 rings (SSSR count). The monoisotopic (exact) mass is 272 g/mol. The van der Waals surface area contributed by atoms with Crippen molar-refractivity contribution in [3.8, 4) is 0 Å². The zero-order valence-corrected chi connectivity index (χ0v) is 11.0. The summed E-state index contributed by atoms with van der Waals surface area (Å²) in [6.45, 7) is 1.35. The van der Waals surface area contributed by atoms with Crippen molar-refractivity contribution in [3.63, 3.8) is 0 Å². The van der Waals surface area contributed by atoms with Gasteiger partial charge in [0.2, 0.25) is 0 Å². The van der Waals surface area contributed by atoms with E-state index in [4.69, 9.17) is 9.52 Å². The summed E-state index contributed by atoms with van der Waals surface area (Å²) in [7, 11) is 0. The van der Waals surface area contributed by atoms with Crippen molar-refractivity contribution in [1.82, 2.24) is 19.9 Å². The predicted octanol–water partition coefficient (Wildman–Crippen LogP) is 1.15. The number of furan rings is 1. The van der Waals surface area contributed by atoms with E-state index in [9.17, 15) is 0 Å². The molecule has 0 aliphatic heterocycles. The van der Waals surface area contributed by atoms with E-state index in [0.717, 1.165) is 30.2 Å². The van der Waals surface area contributed by atoms with Crippen molar-refractivity contribution in [3.05, 3.63) is 53.9 Å². The molecule has 0 saturated heterocycles. The molecule has 0 radical (unpaired) electrons. The van der Waals surface area contributed by atoms with Crippen LogP contribution >= 0.6 is 0 Å². The maximum Gasteiger partial charge on any atom is 0.160 e. The summed E-state index contributed by atoms with van der Waals surface area (Å²) >= 11 is 0. The first-order chi connectivity index (χ1) is 9.86. The van der Waals surface area contributed by atoms with Gasteiger partial charge in [0.05, 0.1) is 6.54 Å². The molecule has 6 nitrogen and oxygen atoms in total. The van der Waals surface area contributed by atoms with Gasteiger partial charge in [-0.2, -0.15) is 0 Å². The molecule has 3 aromatic heterocycles. The van der Waals surface area contributed by atoms with Crippen LogP contribution in [0.15, 0.2) is 40.9 Å². The van der Waals surface area contributed by atoms with Gasteiger partial charge in [-0.25, -0.2) is 0 Å². The lowest BCUT2D eigenvalue weighted by Gasteiger charge is -2.02. The van der Waals surface area contributed by atoms with Crippen LogP contribution in [0, 0.1) is 0 Å². The molecule has 104 valence electrons. The lowest BCUT2D eigenvalue weighted by molar-refractivity contribution is 0.243. The Kier molecular flexibility index (Phi) is 3.76. The zero-order valence-electron chi connectivity index (χ0n) is 11.0. The number of rotatable bonds is 6. The first-order valence-electron chi connectivity index (χ1n) is 6.54. The molecule has 0 spiro atoms. The van der Waals surface area contributed by atoms with Gasteiger partial charge < -0.3 is 14.8 Å². The number of aliphatic hydroxyl groups excluding tert-OH is 1. The second-order valence-electron chi connectivity index (χ2n) is 4.50. The molecule has 0 amide bonds. The second kappa shape index (κ2) is 5.85. The standard InChI is InChI=1S/C14H16N4O2/c19-10-12-5-4-11(20-12)9-15-7-6-14-17-16-13-3-1-2-8-18(13)14/h1-5,8,15,19H,6-7,9-10H2. The highest BCUT2D eigenvalue weighted by Crippen LogP contribution is 2.07. The Morgan fingerprint density at radius 3 is 2.90 bits per heavy atom. The number of nitrogens with zero attached hydrogens (tertiary/aromatic N) is 3. The van der Waals surface area contributed by atoms with Gasteiger partial charge >= 0.3 is 0 Å². The number of hydrogen-bond donors (Lipinski definition) is 2. The van der Waals surface area contributed by atoms with E-state index in [2.05, 4.69) is 15.5 Å². The molecule has 20 heavy (non-hydrogen) atoms. The molecule has 0 fully saturated rings. The van der Waals surface area contributed by atoms with E-state index >= 15 is 0 Å². The molecular weight excluding hydrogens is 256 g/mol. The van der Waals surface area contributed by atoms with Crippen molar-refractivity contribution in [1.29, 1.82) is 0 Å². The molecule has 6 heteroatoms. The van der Waals surface area contributed by atoms with Gasteiger partial charge in [0.25, 0.3) is 0 Å². The Morgan fingerprint density at radius 2 is 2.05 bits per heavy atom. The number of aromatic nitrogens is 3. The SMILES string of the molecule is OCc1ccc(CNCCc2nnc3ccccn23)o1. The molecule has 0 saturated carbocycles. The molecule has 3 aromatic rings. The Hall–Kier alpha value is -2.18. The maximum absolute atomic E-state index is 8.92. The zero-order chi connectivity index (χ0) is 13.8. The smallest absolute Gasteiger partial charge is 0.160 e. The highest BCUT2D eigenvalue weighted by atomic mass is 16.4. The summed E-state index contributed by atoms with van der Waals surface area (Å²) in [5.74, 6) is 2.34. The molecule has 0 unspecified atom stereocenters. The van der Waals surface area contributed by atoms with Gasteiger partial charge in [-0.05, 0) is 24.3 Å². The maximum atomic E-state index is 8.92. The third-order valence-corrected chi connectivity index (χ3v) is 3.08. The summed E-state index contributed by atoms with van der Waals surface area (Å²) in [6, 6.07) is 9.49. The lowest BCUT2D eigenvalue weighted by Crippen LogP contribution is -2.17. The average Bonchev–Trinajstić information content (AvgIpc) is 3.10. The summed E-state index contributed by atoms with van der Waals surface area (Å²) in [5.41, 5.74) is 0.862. The fourth-order valence-electron chi connectivity index (χ4n) is 2.08. The minimum atomic E-state index is -0.0638. The quantitative estimate of drug-likeness (QED) is 0.658. The molecule has 3 heterocycles. The molecular formula is C14H16N4O2. The highest BCUT2D eigenvalue weighted by Gasteiger charge is 2.04. The summed E-state index contributed by atoms with van der Waals surface area (Å²) in [5, 5.41) is 20.5. The van der Waals surface area contributed by atoms with Crippen molar-refractivity contribution in [2.45, 2.75) is 19.6 Å². The number of hydrogen-bond acceptors (Lipinski definition) is 5. The number of pyridine rings is 1. The average molecular weight is 272 g/mol. The fourth-order valence-corrected chi connectivity index (χ4v) is 2.08. The van der Waals surface area contributed by atoms with Crippen LogP contribution in [0.5, 0.6) is 0 Å². The Bertz CT molecular complexity index is 689. The van der Waals surface area contributed by atoms with Crippen LogP contribution in [0.1, 0.15) is 17.3 Å². The van der Waals surface area contributed by atoms with Gasteiger partial charge in [0.1, 0.15) is 24.0 Å². The third-order valence-electron chi connectivity index (χ3n) is 3.08.